The molecule has 1 aromatic rings. The maximum Gasteiger partial charge on any atom is 0.177 e. The first kappa shape index (κ1) is 12.1. The zero-order valence-electron chi connectivity index (χ0n) is 10.5. The van der Waals surface area contributed by atoms with E-state index in [1.54, 1.807) is 13.0 Å². The Kier molecular flexibility index (Phi) is 3.18. The fourth-order valence-electron chi connectivity index (χ4n) is 2.85. The molecule has 3 atom stereocenters. The van der Waals surface area contributed by atoms with Gasteiger partial charge in [0.1, 0.15) is 11.5 Å². The van der Waals surface area contributed by atoms with Crippen LogP contribution in [0.1, 0.15) is 42.8 Å². The molecule has 3 heteroatoms. The number of hydrogen-bond acceptors (Lipinski definition) is 3. The van der Waals surface area contributed by atoms with Crippen LogP contribution in [0.3, 0.4) is 0 Å². The van der Waals surface area contributed by atoms with Gasteiger partial charge in [-0.05, 0) is 31.2 Å². The van der Waals surface area contributed by atoms with Crippen molar-refractivity contribution in [2.75, 3.05) is 0 Å². The first-order valence-corrected chi connectivity index (χ1v) is 6.11. The molecule has 0 spiro atoms. The fourth-order valence-corrected chi connectivity index (χ4v) is 2.85. The summed E-state index contributed by atoms with van der Waals surface area (Å²) in [6, 6.07) is 1.66. The molecule has 0 radical (unpaired) electrons. The number of hydrogen-bond donors (Lipinski definition) is 0. The van der Waals surface area contributed by atoms with Crippen LogP contribution in [0, 0.1) is 24.7 Å². The van der Waals surface area contributed by atoms with Crippen molar-refractivity contribution in [3.8, 4) is 0 Å². The highest BCUT2D eigenvalue weighted by Crippen LogP contribution is 2.33. The highest BCUT2D eigenvalue weighted by Gasteiger charge is 2.38. The molecule has 1 fully saturated rings. The second-order valence-electron chi connectivity index (χ2n) is 5.22. The molecule has 1 aliphatic rings. The Labute approximate surface area is 101 Å². The summed E-state index contributed by atoms with van der Waals surface area (Å²) in [5.41, 5.74) is 0.560. The van der Waals surface area contributed by atoms with Crippen LogP contribution in [-0.4, -0.2) is 11.6 Å². The number of aryl methyl sites for hydroxylation is 1. The Morgan fingerprint density at radius 1 is 1.41 bits per heavy atom. The van der Waals surface area contributed by atoms with Crippen LogP contribution in [0.25, 0.3) is 0 Å². The summed E-state index contributed by atoms with van der Waals surface area (Å²) in [4.78, 5) is 24.3. The third kappa shape index (κ3) is 2.19. The van der Waals surface area contributed by atoms with E-state index in [0.29, 0.717) is 23.7 Å². The highest BCUT2D eigenvalue weighted by atomic mass is 16.3. The van der Waals surface area contributed by atoms with Crippen molar-refractivity contribution < 1.29 is 14.0 Å². The van der Waals surface area contributed by atoms with Crippen LogP contribution in [0.4, 0.5) is 0 Å². The van der Waals surface area contributed by atoms with Crippen LogP contribution in [-0.2, 0) is 4.79 Å². The van der Waals surface area contributed by atoms with Crippen molar-refractivity contribution in [3.63, 3.8) is 0 Å². The van der Waals surface area contributed by atoms with E-state index in [1.807, 2.05) is 6.92 Å². The molecule has 1 heterocycles. The first-order valence-electron chi connectivity index (χ1n) is 6.11. The lowest BCUT2D eigenvalue weighted by molar-refractivity contribution is -0.125. The summed E-state index contributed by atoms with van der Waals surface area (Å²) in [6.45, 7) is 5.82. The van der Waals surface area contributed by atoms with Crippen molar-refractivity contribution >= 4 is 11.6 Å². The zero-order chi connectivity index (χ0) is 12.6. The van der Waals surface area contributed by atoms with Crippen LogP contribution in [0.15, 0.2) is 16.7 Å². The van der Waals surface area contributed by atoms with E-state index in [-0.39, 0.29) is 17.5 Å². The van der Waals surface area contributed by atoms with Crippen LogP contribution >= 0.6 is 0 Å². The molecule has 0 aliphatic heterocycles. The van der Waals surface area contributed by atoms with Gasteiger partial charge in [0.15, 0.2) is 5.78 Å². The minimum Gasteiger partial charge on any atom is -0.469 e. The lowest BCUT2D eigenvalue weighted by atomic mass is 9.72. The number of furan rings is 1. The predicted octanol–water partition coefficient (Wildman–Crippen LogP) is 3.02. The molecule has 1 saturated carbocycles. The Balaban J connectivity index is 2.25. The van der Waals surface area contributed by atoms with Crippen LogP contribution in [0.2, 0.25) is 0 Å². The Bertz CT molecular complexity index is 444. The van der Waals surface area contributed by atoms with Gasteiger partial charge in [0, 0.05) is 6.42 Å². The van der Waals surface area contributed by atoms with Crippen molar-refractivity contribution in [1.29, 1.82) is 0 Å². The minimum atomic E-state index is -0.470. The minimum absolute atomic E-state index is 0.0688. The third-order valence-electron chi connectivity index (χ3n) is 3.65. The summed E-state index contributed by atoms with van der Waals surface area (Å²) in [5.74, 6) is 0.679. The summed E-state index contributed by atoms with van der Waals surface area (Å²) in [7, 11) is 0. The molecule has 92 valence electrons. The molecule has 1 aliphatic carbocycles. The number of ketones is 2. The average molecular weight is 234 g/mol. The maximum atomic E-state index is 12.3. The molecular weight excluding hydrogens is 216 g/mol. The van der Waals surface area contributed by atoms with Crippen molar-refractivity contribution in [3.05, 3.63) is 23.7 Å². The van der Waals surface area contributed by atoms with Crippen molar-refractivity contribution in [1.82, 2.24) is 0 Å². The van der Waals surface area contributed by atoms with E-state index in [2.05, 4.69) is 6.92 Å². The van der Waals surface area contributed by atoms with Crippen molar-refractivity contribution in [2.24, 2.45) is 17.8 Å². The van der Waals surface area contributed by atoms with E-state index in [0.717, 1.165) is 6.42 Å². The summed E-state index contributed by atoms with van der Waals surface area (Å²) < 4.78 is 5.14. The van der Waals surface area contributed by atoms with Crippen molar-refractivity contribution in [2.45, 2.75) is 33.6 Å². The zero-order valence-corrected chi connectivity index (χ0v) is 10.5. The Morgan fingerprint density at radius 3 is 2.65 bits per heavy atom. The van der Waals surface area contributed by atoms with E-state index < -0.39 is 5.92 Å². The second-order valence-corrected chi connectivity index (χ2v) is 5.22. The predicted molar refractivity (Wildman–Crippen MR) is 63.8 cm³/mol. The normalized spacial score (nSPS) is 29.4. The molecule has 2 rings (SSSR count). The Morgan fingerprint density at radius 2 is 2.12 bits per heavy atom. The monoisotopic (exact) mass is 234 g/mol. The van der Waals surface area contributed by atoms with Gasteiger partial charge in [-0.3, -0.25) is 9.59 Å². The highest BCUT2D eigenvalue weighted by molar-refractivity contribution is 6.11. The molecule has 0 N–H and O–H groups in total. The lowest BCUT2D eigenvalue weighted by Crippen LogP contribution is -2.36. The van der Waals surface area contributed by atoms with Crippen LogP contribution < -0.4 is 0 Å². The molecule has 3 nitrogen and oxygen atoms in total. The van der Waals surface area contributed by atoms with Gasteiger partial charge >= 0.3 is 0 Å². The van der Waals surface area contributed by atoms with E-state index in [1.165, 1.54) is 6.26 Å². The average Bonchev–Trinajstić information content (AvgIpc) is 2.62. The largest absolute Gasteiger partial charge is 0.469 e. The number of carbonyl (C=O) groups excluding carboxylic acids is 2. The van der Waals surface area contributed by atoms with Gasteiger partial charge in [-0.15, -0.1) is 0 Å². The molecule has 3 unspecified atom stereocenters. The summed E-state index contributed by atoms with van der Waals surface area (Å²) >= 11 is 0. The maximum absolute atomic E-state index is 12.3. The topological polar surface area (TPSA) is 47.3 Å². The molecule has 0 saturated heterocycles. The molecule has 17 heavy (non-hydrogen) atoms. The molecule has 0 amide bonds. The number of carbonyl (C=O) groups is 2. The van der Waals surface area contributed by atoms with Gasteiger partial charge < -0.3 is 4.42 Å². The van der Waals surface area contributed by atoms with E-state index in [9.17, 15) is 9.59 Å². The fraction of sp³-hybridized carbons (Fsp3) is 0.571. The van der Waals surface area contributed by atoms with Gasteiger partial charge in [-0.2, -0.15) is 0 Å². The van der Waals surface area contributed by atoms with Gasteiger partial charge in [0.2, 0.25) is 0 Å². The quantitative estimate of drug-likeness (QED) is 0.583. The first-order chi connectivity index (χ1) is 8.00. The number of Topliss-reactive ketones (excluding diaryl/α,β-unsaturated/α-hetero) is 2. The number of rotatable bonds is 2. The smallest absolute Gasteiger partial charge is 0.177 e. The Hall–Kier alpha value is -1.38. The van der Waals surface area contributed by atoms with Crippen LogP contribution in [0.5, 0.6) is 0 Å². The molecule has 0 aromatic carbocycles. The van der Waals surface area contributed by atoms with E-state index >= 15 is 0 Å². The standard InChI is InChI=1S/C14H18O3/c1-8-6-9(2)13(12(15)7-8)14(16)11-4-5-17-10(11)3/h4-5,8-9,13H,6-7H2,1-3H3. The van der Waals surface area contributed by atoms with Gasteiger partial charge in [-0.1, -0.05) is 13.8 Å². The van der Waals surface area contributed by atoms with E-state index in [4.69, 9.17) is 4.42 Å². The third-order valence-corrected chi connectivity index (χ3v) is 3.65. The molecule has 0 bridgehead atoms. The molecule has 1 aromatic heterocycles. The lowest BCUT2D eigenvalue weighted by Gasteiger charge is -2.30. The summed E-state index contributed by atoms with van der Waals surface area (Å²) in [5, 5.41) is 0. The molecular formula is C14H18O3. The second kappa shape index (κ2) is 4.47. The summed E-state index contributed by atoms with van der Waals surface area (Å²) in [6.07, 6.45) is 2.97. The van der Waals surface area contributed by atoms with Gasteiger partial charge in [-0.25, -0.2) is 0 Å². The van der Waals surface area contributed by atoms with Gasteiger partial charge in [0.05, 0.1) is 17.7 Å². The SMILES string of the molecule is Cc1occc1C(=O)C1C(=O)CC(C)CC1C. The van der Waals surface area contributed by atoms with Gasteiger partial charge in [0.25, 0.3) is 0 Å².